The van der Waals surface area contributed by atoms with E-state index in [2.05, 4.69) is 10.9 Å². The highest BCUT2D eigenvalue weighted by Crippen LogP contribution is 2.13. The summed E-state index contributed by atoms with van der Waals surface area (Å²) in [6.07, 6.45) is 0. The minimum atomic E-state index is -0.314. The Morgan fingerprint density at radius 1 is 1.00 bits per heavy atom. The van der Waals surface area contributed by atoms with Crippen molar-refractivity contribution in [1.29, 1.82) is 0 Å². The van der Waals surface area contributed by atoms with Crippen molar-refractivity contribution >= 4 is 17.3 Å². The molecule has 2 rings (SSSR count). The molecule has 0 amide bonds. The highest BCUT2D eigenvalue weighted by atomic mass is 16.5. The summed E-state index contributed by atoms with van der Waals surface area (Å²) in [7, 11) is 0. The molecule has 0 atom stereocenters. The van der Waals surface area contributed by atoms with E-state index in [1.54, 1.807) is 25.1 Å². The van der Waals surface area contributed by atoms with Crippen LogP contribution in [0.4, 0.5) is 11.4 Å². The van der Waals surface area contributed by atoms with Gasteiger partial charge in [0.05, 0.1) is 23.5 Å². The van der Waals surface area contributed by atoms with Crippen molar-refractivity contribution in [1.82, 2.24) is 0 Å². The molecule has 0 aliphatic carbocycles. The van der Waals surface area contributed by atoms with Gasteiger partial charge < -0.3 is 15.6 Å². The summed E-state index contributed by atoms with van der Waals surface area (Å²) < 4.78 is 4.96. The Hall–Kier alpha value is -2.49. The first-order chi connectivity index (χ1) is 9.29. The van der Waals surface area contributed by atoms with Crippen LogP contribution in [0.15, 0.2) is 54.6 Å². The molecular formula is C15H16N2O2. The highest BCUT2D eigenvalue weighted by Gasteiger charge is 2.06. The maximum absolute atomic E-state index is 11.6. The highest BCUT2D eigenvalue weighted by molar-refractivity contribution is 5.90. The average molecular weight is 256 g/mol. The number of hydrogen-bond acceptors (Lipinski definition) is 4. The molecule has 2 aromatic carbocycles. The van der Waals surface area contributed by atoms with Gasteiger partial charge in [0.1, 0.15) is 0 Å². The third-order valence-corrected chi connectivity index (χ3v) is 2.50. The van der Waals surface area contributed by atoms with Crippen LogP contribution in [0.2, 0.25) is 0 Å². The molecule has 98 valence electrons. The third-order valence-electron chi connectivity index (χ3n) is 2.50. The van der Waals surface area contributed by atoms with Gasteiger partial charge in [0, 0.05) is 0 Å². The predicted molar refractivity (Wildman–Crippen MR) is 76.1 cm³/mol. The van der Waals surface area contributed by atoms with Gasteiger partial charge in [-0.1, -0.05) is 24.3 Å². The van der Waals surface area contributed by atoms with Crippen LogP contribution >= 0.6 is 0 Å². The Kier molecular flexibility index (Phi) is 4.39. The number of hydrazine groups is 1. The second-order valence-corrected chi connectivity index (χ2v) is 3.92. The normalized spacial score (nSPS) is 9.74. The largest absolute Gasteiger partial charge is 0.462 e. The van der Waals surface area contributed by atoms with E-state index in [1.165, 1.54) is 0 Å². The minimum absolute atomic E-state index is 0.314. The lowest BCUT2D eigenvalue weighted by Gasteiger charge is -2.10. The Labute approximate surface area is 112 Å². The summed E-state index contributed by atoms with van der Waals surface area (Å²) in [6.45, 7) is 2.16. The number of esters is 1. The summed E-state index contributed by atoms with van der Waals surface area (Å²) >= 11 is 0. The number of benzene rings is 2. The minimum Gasteiger partial charge on any atom is -0.462 e. The molecule has 0 saturated heterocycles. The second kappa shape index (κ2) is 6.44. The Morgan fingerprint density at radius 2 is 1.68 bits per heavy atom. The first-order valence-electron chi connectivity index (χ1n) is 6.14. The van der Waals surface area contributed by atoms with E-state index in [4.69, 9.17) is 4.74 Å². The van der Waals surface area contributed by atoms with Crippen molar-refractivity contribution in [2.24, 2.45) is 0 Å². The van der Waals surface area contributed by atoms with Crippen molar-refractivity contribution in [2.45, 2.75) is 6.92 Å². The molecule has 2 aromatic rings. The molecule has 0 unspecified atom stereocenters. The number of rotatable bonds is 5. The standard InChI is InChI=1S/C15H16N2O2/c1-2-19-15(18)12-7-6-10-14(11-12)17-16-13-8-4-3-5-9-13/h3-11,16-17H,2H2,1H3. The quantitative estimate of drug-likeness (QED) is 0.636. The molecule has 0 saturated carbocycles. The lowest BCUT2D eigenvalue weighted by Crippen LogP contribution is -2.10. The SMILES string of the molecule is CCOC(=O)c1cccc(NNc2ccccc2)c1. The Bertz CT molecular complexity index is 541. The van der Waals surface area contributed by atoms with Crippen molar-refractivity contribution < 1.29 is 9.53 Å². The molecule has 0 bridgehead atoms. The molecule has 4 heteroatoms. The Balaban J connectivity index is 2.01. The first-order valence-corrected chi connectivity index (χ1v) is 6.14. The topological polar surface area (TPSA) is 50.4 Å². The fraction of sp³-hybridized carbons (Fsp3) is 0.133. The van der Waals surface area contributed by atoms with Crippen molar-refractivity contribution in [3.05, 3.63) is 60.2 Å². The van der Waals surface area contributed by atoms with Gasteiger partial charge in [0.25, 0.3) is 0 Å². The molecule has 0 fully saturated rings. The summed E-state index contributed by atoms with van der Waals surface area (Å²) in [5.41, 5.74) is 8.38. The van der Waals surface area contributed by atoms with E-state index in [-0.39, 0.29) is 5.97 Å². The van der Waals surface area contributed by atoms with Crippen LogP contribution in [0, 0.1) is 0 Å². The van der Waals surface area contributed by atoms with Gasteiger partial charge in [-0.3, -0.25) is 0 Å². The van der Waals surface area contributed by atoms with E-state index in [0.29, 0.717) is 12.2 Å². The summed E-state index contributed by atoms with van der Waals surface area (Å²) in [4.78, 5) is 11.6. The van der Waals surface area contributed by atoms with Gasteiger partial charge in [-0.15, -0.1) is 0 Å². The molecular weight excluding hydrogens is 240 g/mol. The Morgan fingerprint density at radius 3 is 2.42 bits per heavy atom. The molecule has 19 heavy (non-hydrogen) atoms. The van der Waals surface area contributed by atoms with Crippen LogP contribution in [0.3, 0.4) is 0 Å². The van der Waals surface area contributed by atoms with E-state index >= 15 is 0 Å². The zero-order valence-electron chi connectivity index (χ0n) is 10.7. The number of nitrogens with one attached hydrogen (secondary N) is 2. The number of anilines is 2. The number of para-hydroxylation sites is 1. The number of ether oxygens (including phenoxy) is 1. The maximum atomic E-state index is 11.6. The van der Waals surface area contributed by atoms with Crippen LogP contribution in [0.25, 0.3) is 0 Å². The molecule has 0 aromatic heterocycles. The fourth-order valence-corrected chi connectivity index (χ4v) is 1.60. The van der Waals surface area contributed by atoms with Crippen LogP contribution in [-0.4, -0.2) is 12.6 Å². The molecule has 0 spiro atoms. The van der Waals surface area contributed by atoms with Crippen LogP contribution < -0.4 is 10.9 Å². The van der Waals surface area contributed by atoms with Gasteiger partial charge in [-0.05, 0) is 37.3 Å². The van der Waals surface area contributed by atoms with Crippen molar-refractivity contribution in [3.63, 3.8) is 0 Å². The van der Waals surface area contributed by atoms with E-state index < -0.39 is 0 Å². The maximum Gasteiger partial charge on any atom is 0.338 e. The van der Waals surface area contributed by atoms with Gasteiger partial charge in [-0.2, -0.15) is 0 Å². The van der Waals surface area contributed by atoms with Crippen LogP contribution in [0.5, 0.6) is 0 Å². The zero-order valence-corrected chi connectivity index (χ0v) is 10.7. The molecule has 0 heterocycles. The fourth-order valence-electron chi connectivity index (χ4n) is 1.60. The van der Waals surface area contributed by atoms with Gasteiger partial charge in [0.15, 0.2) is 0 Å². The van der Waals surface area contributed by atoms with Gasteiger partial charge in [-0.25, -0.2) is 4.79 Å². The van der Waals surface area contributed by atoms with Crippen LogP contribution in [0.1, 0.15) is 17.3 Å². The lowest BCUT2D eigenvalue weighted by atomic mass is 10.2. The number of carbonyl (C=O) groups excluding carboxylic acids is 1. The lowest BCUT2D eigenvalue weighted by molar-refractivity contribution is 0.0526. The monoisotopic (exact) mass is 256 g/mol. The molecule has 0 aliphatic heterocycles. The van der Waals surface area contributed by atoms with E-state index in [0.717, 1.165) is 11.4 Å². The second-order valence-electron chi connectivity index (χ2n) is 3.92. The predicted octanol–water partition coefficient (Wildman–Crippen LogP) is 3.30. The first kappa shape index (κ1) is 13.0. The molecule has 4 nitrogen and oxygen atoms in total. The summed E-state index contributed by atoms with van der Waals surface area (Å²) in [5, 5.41) is 0. The summed E-state index contributed by atoms with van der Waals surface area (Å²) in [5.74, 6) is -0.314. The van der Waals surface area contributed by atoms with Gasteiger partial charge >= 0.3 is 5.97 Å². The third kappa shape index (κ3) is 3.74. The van der Waals surface area contributed by atoms with Crippen molar-refractivity contribution in [2.75, 3.05) is 17.5 Å². The zero-order chi connectivity index (χ0) is 13.5. The van der Waals surface area contributed by atoms with Gasteiger partial charge in [0.2, 0.25) is 0 Å². The summed E-state index contributed by atoms with van der Waals surface area (Å²) in [6, 6.07) is 16.9. The molecule has 0 radical (unpaired) electrons. The molecule has 2 N–H and O–H groups in total. The molecule has 0 aliphatic rings. The number of hydrogen-bond donors (Lipinski definition) is 2. The van der Waals surface area contributed by atoms with Crippen molar-refractivity contribution in [3.8, 4) is 0 Å². The smallest absolute Gasteiger partial charge is 0.338 e. The van der Waals surface area contributed by atoms with E-state index in [9.17, 15) is 4.79 Å². The van der Waals surface area contributed by atoms with E-state index in [1.807, 2.05) is 36.4 Å². The number of carbonyl (C=O) groups is 1. The average Bonchev–Trinajstić information content (AvgIpc) is 2.47. The van der Waals surface area contributed by atoms with Crippen LogP contribution in [-0.2, 0) is 4.74 Å².